The molecule has 2 amide bonds. The summed E-state index contributed by atoms with van der Waals surface area (Å²) in [5.41, 5.74) is 0. The van der Waals surface area contributed by atoms with Crippen molar-refractivity contribution in [3.8, 4) is 0 Å². The van der Waals surface area contributed by atoms with E-state index in [0.29, 0.717) is 12.5 Å². The molecule has 1 aliphatic heterocycles. The van der Waals surface area contributed by atoms with Crippen molar-refractivity contribution < 1.29 is 4.79 Å². The minimum atomic E-state index is 0.0480. The number of rotatable bonds is 6. The molecule has 21 heavy (non-hydrogen) atoms. The number of piperidine rings is 1. The first-order chi connectivity index (χ1) is 10.2. The number of hydrogen-bond acceptors (Lipinski definition) is 3. The predicted molar refractivity (Wildman–Crippen MR) is 87.4 cm³/mol. The molecule has 0 radical (unpaired) electrons. The van der Waals surface area contributed by atoms with Gasteiger partial charge in [0, 0.05) is 32.0 Å². The van der Waals surface area contributed by atoms with Crippen molar-refractivity contribution in [3.63, 3.8) is 0 Å². The van der Waals surface area contributed by atoms with E-state index in [1.807, 2.05) is 22.9 Å². The summed E-state index contributed by atoms with van der Waals surface area (Å²) in [6.45, 7) is 5.36. The highest BCUT2D eigenvalue weighted by molar-refractivity contribution is 7.98. The fourth-order valence-corrected chi connectivity index (χ4v) is 3.58. The molecular formula is C15H26N4OS. The maximum atomic E-state index is 12.3. The molecule has 0 bridgehead atoms. The summed E-state index contributed by atoms with van der Waals surface area (Å²) in [5.74, 6) is 2.72. The average molecular weight is 310 g/mol. The first kappa shape index (κ1) is 16.2. The van der Waals surface area contributed by atoms with Crippen LogP contribution >= 0.6 is 11.8 Å². The number of thioether (sulfide) groups is 1. The quantitative estimate of drug-likeness (QED) is 0.878. The van der Waals surface area contributed by atoms with Crippen LogP contribution in [0.3, 0.4) is 0 Å². The summed E-state index contributed by atoms with van der Waals surface area (Å²) in [6.07, 6.45) is 9.33. The zero-order valence-electron chi connectivity index (χ0n) is 13.0. The van der Waals surface area contributed by atoms with Crippen LogP contribution in [0.5, 0.6) is 0 Å². The molecule has 5 nitrogen and oxygen atoms in total. The zero-order valence-corrected chi connectivity index (χ0v) is 13.9. The van der Waals surface area contributed by atoms with Crippen LogP contribution in [0.2, 0.25) is 0 Å². The highest BCUT2D eigenvalue weighted by atomic mass is 32.2. The average Bonchev–Trinajstić information content (AvgIpc) is 2.93. The van der Waals surface area contributed by atoms with E-state index in [0.717, 1.165) is 44.1 Å². The maximum absolute atomic E-state index is 12.3. The van der Waals surface area contributed by atoms with Crippen LogP contribution in [0.25, 0.3) is 0 Å². The molecule has 118 valence electrons. The van der Waals surface area contributed by atoms with Crippen LogP contribution in [0, 0.1) is 5.92 Å². The molecule has 0 saturated carbocycles. The Kier molecular flexibility index (Phi) is 6.42. The number of carbonyl (C=O) groups excluding carboxylic acids is 1. The third kappa shape index (κ3) is 4.66. The predicted octanol–water partition coefficient (Wildman–Crippen LogP) is 2.58. The number of nitrogens with zero attached hydrogens (tertiary/aromatic N) is 3. The van der Waals surface area contributed by atoms with Crippen LogP contribution in [-0.4, -0.2) is 45.6 Å². The lowest BCUT2D eigenvalue weighted by Gasteiger charge is -2.32. The first-order valence-electron chi connectivity index (χ1n) is 7.76. The minimum absolute atomic E-state index is 0.0480. The summed E-state index contributed by atoms with van der Waals surface area (Å²) in [6, 6.07) is 0.0480. The smallest absolute Gasteiger partial charge is 0.317 e. The van der Waals surface area contributed by atoms with E-state index in [2.05, 4.69) is 28.0 Å². The van der Waals surface area contributed by atoms with Gasteiger partial charge in [0.1, 0.15) is 5.82 Å². The molecule has 0 unspecified atom stereocenters. The number of nitrogens with one attached hydrogen (secondary N) is 1. The molecule has 0 aromatic carbocycles. The molecule has 1 atom stereocenters. The fourth-order valence-electron chi connectivity index (χ4n) is 2.84. The molecule has 1 saturated heterocycles. The van der Waals surface area contributed by atoms with E-state index >= 15 is 0 Å². The Hall–Kier alpha value is -1.17. The van der Waals surface area contributed by atoms with Gasteiger partial charge < -0.3 is 14.8 Å². The Balaban J connectivity index is 1.82. The van der Waals surface area contributed by atoms with Crippen molar-refractivity contribution in [2.24, 2.45) is 5.92 Å². The number of likely N-dealkylation sites (tertiary alicyclic amines) is 1. The molecule has 0 aliphatic carbocycles. The topological polar surface area (TPSA) is 50.2 Å². The van der Waals surface area contributed by atoms with Crippen LogP contribution in [0.4, 0.5) is 4.79 Å². The van der Waals surface area contributed by atoms with E-state index in [9.17, 15) is 4.79 Å². The molecular weight excluding hydrogens is 284 g/mol. The number of urea groups is 1. The summed E-state index contributed by atoms with van der Waals surface area (Å²) in [4.78, 5) is 18.6. The van der Waals surface area contributed by atoms with Crippen LogP contribution in [0.15, 0.2) is 12.4 Å². The highest BCUT2D eigenvalue weighted by Crippen LogP contribution is 2.19. The van der Waals surface area contributed by atoms with Gasteiger partial charge in [-0.1, -0.05) is 6.92 Å². The van der Waals surface area contributed by atoms with Gasteiger partial charge in [-0.2, -0.15) is 11.8 Å². The van der Waals surface area contributed by atoms with Gasteiger partial charge in [-0.05, 0) is 37.2 Å². The van der Waals surface area contributed by atoms with Gasteiger partial charge in [0.05, 0.1) is 6.54 Å². The summed E-state index contributed by atoms with van der Waals surface area (Å²) in [7, 11) is 0. The van der Waals surface area contributed by atoms with Gasteiger partial charge >= 0.3 is 6.03 Å². The van der Waals surface area contributed by atoms with Gasteiger partial charge in [-0.25, -0.2) is 9.78 Å². The fraction of sp³-hybridized carbons (Fsp3) is 0.733. The Morgan fingerprint density at radius 1 is 1.57 bits per heavy atom. The summed E-state index contributed by atoms with van der Waals surface area (Å²) < 4.78 is 2.10. The van der Waals surface area contributed by atoms with Crippen molar-refractivity contribution in [3.05, 3.63) is 18.2 Å². The second-order valence-electron chi connectivity index (χ2n) is 5.61. The largest absolute Gasteiger partial charge is 0.333 e. The number of carbonyl (C=O) groups is 1. The van der Waals surface area contributed by atoms with Crippen molar-refractivity contribution in [1.29, 1.82) is 0 Å². The molecule has 1 aliphatic rings. The van der Waals surface area contributed by atoms with Crippen LogP contribution < -0.4 is 5.32 Å². The molecule has 1 aromatic rings. The van der Waals surface area contributed by atoms with Crippen molar-refractivity contribution in [1.82, 2.24) is 19.8 Å². The van der Waals surface area contributed by atoms with E-state index < -0.39 is 0 Å². The monoisotopic (exact) mass is 310 g/mol. The lowest BCUT2D eigenvalue weighted by atomic mass is 10.0. The Morgan fingerprint density at radius 2 is 2.43 bits per heavy atom. The Labute approximate surface area is 131 Å². The molecule has 2 heterocycles. The third-order valence-electron chi connectivity index (χ3n) is 3.87. The number of imidazole rings is 1. The van der Waals surface area contributed by atoms with Crippen molar-refractivity contribution in [2.45, 2.75) is 39.3 Å². The summed E-state index contributed by atoms with van der Waals surface area (Å²) in [5, 5.41) is 3.01. The maximum Gasteiger partial charge on any atom is 0.317 e. The lowest BCUT2D eigenvalue weighted by Crippen LogP contribution is -2.45. The number of aryl methyl sites for hydroxylation is 1. The van der Waals surface area contributed by atoms with Gasteiger partial charge in [0.25, 0.3) is 0 Å². The van der Waals surface area contributed by atoms with E-state index in [1.54, 1.807) is 6.20 Å². The lowest BCUT2D eigenvalue weighted by molar-refractivity contribution is 0.170. The molecule has 6 heteroatoms. The van der Waals surface area contributed by atoms with Gasteiger partial charge in [-0.15, -0.1) is 0 Å². The Morgan fingerprint density at radius 3 is 3.19 bits per heavy atom. The minimum Gasteiger partial charge on any atom is -0.333 e. The number of amides is 2. The number of hydrogen-bond donors (Lipinski definition) is 1. The highest BCUT2D eigenvalue weighted by Gasteiger charge is 2.23. The second kappa shape index (κ2) is 8.32. The standard InChI is InChI=1S/C15H26N4OS/c1-3-7-18-9-6-16-14(18)10-17-15(20)19-8-4-5-13(11-19)12-21-2/h6,9,13H,3-5,7-8,10-12H2,1-2H3,(H,17,20)/t13-/m1/s1. The van der Waals surface area contributed by atoms with Crippen molar-refractivity contribution >= 4 is 17.8 Å². The van der Waals surface area contributed by atoms with Crippen LogP contribution in [-0.2, 0) is 13.1 Å². The molecule has 1 fully saturated rings. The first-order valence-corrected chi connectivity index (χ1v) is 9.15. The van der Waals surface area contributed by atoms with Gasteiger partial charge in [-0.3, -0.25) is 0 Å². The molecule has 1 N–H and O–H groups in total. The third-order valence-corrected chi connectivity index (χ3v) is 4.68. The Bertz CT molecular complexity index is 447. The van der Waals surface area contributed by atoms with E-state index in [1.165, 1.54) is 6.42 Å². The number of aromatic nitrogens is 2. The summed E-state index contributed by atoms with van der Waals surface area (Å²) >= 11 is 1.87. The van der Waals surface area contributed by atoms with Crippen molar-refractivity contribution in [2.75, 3.05) is 25.1 Å². The van der Waals surface area contributed by atoms with E-state index in [4.69, 9.17) is 0 Å². The normalized spacial score (nSPS) is 18.8. The molecule has 0 spiro atoms. The molecule has 1 aromatic heterocycles. The van der Waals surface area contributed by atoms with Gasteiger partial charge in [0.15, 0.2) is 0 Å². The zero-order chi connectivity index (χ0) is 15.1. The molecule has 2 rings (SSSR count). The second-order valence-corrected chi connectivity index (χ2v) is 6.52. The van der Waals surface area contributed by atoms with Crippen LogP contribution in [0.1, 0.15) is 32.0 Å². The van der Waals surface area contributed by atoms with E-state index in [-0.39, 0.29) is 6.03 Å². The van der Waals surface area contributed by atoms with Gasteiger partial charge in [0.2, 0.25) is 0 Å². The SMILES string of the molecule is CCCn1ccnc1CNC(=O)N1CCC[C@@H](CSC)C1.